The van der Waals surface area contributed by atoms with Gasteiger partial charge in [-0.15, -0.1) is 11.3 Å². The molecule has 1 atom stereocenters. The number of carbonyl (C=O) groups is 2. The van der Waals surface area contributed by atoms with Crippen LogP contribution in [0.1, 0.15) is 16.6 Å². The SMILES string of the molecule is COC(=O)C(C)NC(=O)c1cc(Br)c(Br)s1. The molecule has 7 heteroatoms. The Kier molecular flexibility index (Phi) is 4.94. The largest absolute Gasteiger partial charge is 0.467 e. The van der Waals surface area contributed by atoms with Crippen LogP contribution in [0.2, 0.25) is 0 Å². The maximum atomic E-state index is 11.7. The Morgan fingerprint density at radius 2 is 2.12 bits per heavy atom. The molecule has 0 spiro atoms. The number of halogens is 2. The van der Waals surface area contributed by atoms with Gasteiger partial charge >= 0.3 is 5.97 Å². The summed E-state index contributed by atoms with van der Waals surface area (Å²) in [6.45, 7) is 1.57. The minimum absolute atomic E-state index is 0.297. The van der Waals surface area contributed by atoms with Crippen LogP contribution in [0.5, 0.6) is 0 Å². The summed E-state index contributed by atoms with van der Waals surface area (Å²) in [5.74, 6) is -0.766. The number of ether oxygens (including phenoxy) is 1. The molecule has 0 fully saturated rings. The molecule has 0 aliphatic rings. The van der Waals surface area contributed by atoms with Crippen LogP contribution in [0.15, 0.2) is 14.3 Å². The highest BCUT2D eigenvalue weighted by atomic mass is 79.9. The number of methoxy groups -OCH3 is 1. The molecule has 0 aliphatic carbocycles. The second-order valence-electron chi connectivity index (χ2n) is 2.95. The van der Waals surface area contributed by atoms with Crippen molar-refractivity contribution >= 4 is 55.1 Å². The quantitative estimate of drug-likeness (QED) is 0.832. The standard InChI is InChI=1S/C9H9Br2NO3S/c1-4(9(14)15-2)12-8(13)6-3-5(10)7(11)16-6/h3-4H,1-2H3,(H,12,13). The van der Waals surface area contributed by atoms with Gasteiger partial charge in [-0.25, -0.2) is 4.79 Å². The number of carbonyl (C=O) groups excluding carboxylic acids is 2. The summed E-state index contributed by atoms with van der Waals surface area (Å²) in [5, 5.41) is 2.54. The lowest BCUT2D eigenvalue weighted by molar-refractivity contribution is -0.142. The fourth-order valence-corrected chi connectivity index (χ4v) is 2.90. The van der Waals surface area contributed by atoms with Crippen molar-refractivity contribution in [1.29, 1.82) is 0 Å². The molecule has 0 aliphatic heterocycles. The Balaban J connectivity index is 2.69. The number of hydrogen-bond acceptors (Lipinski definition) is 4. The van der Waals surface area contributed by atoms with Crippen molar-refractivity contribution in [3.05, 3.63) is 19.2 Å². The van der Waals surface area contributed by atoms with E-state index in [0.717, 1.165) is 8.26 Å². The molecule has 0 saturated heterocycles. The minimum Gasteiger partial charge on any atom is -0.467 e. The molecule has 0 saturated carbocycles. The van der Waals surface area contributed by atoms with E-state index in [1.807, 2.05) is 0 Å². The van der Waals surface area contributed by atoms with E-state index >= 15 is 0 Å². The first-order valence-corrected chi connectivity index (χ1v) is 6.69. The lowest BCUT2D eigenvalue weighted by atomic mass is 10.3. The minimum atomic E-state index is -0.655. The molecule has 4 nitrogen and oxygen atoms in total. The zero-order valence-electron chi connectivity index (χ0n) is 8.54. The molecule has 1 unspecified atom stereocenters. The monoisotopic (exact) mass is 369 g/mol. The Bertz CT molecular complexity index is 399. The van der Waals surface area contributed by atoms with Gasteiger partial charge in [-0.1, -0.05) is 0 Å². The van der Waals surface area contributed by atoms with Crippen molar-refractivity contribution in [2.24, 2.45) is 0 Å². The number of hydrogen-bond donors (Lipinski definition) is 1. The van der Waals surface area contributed by atoms with Gasteiger partial charge < -0.3 is 10.1 Å². The molecule has 1 amide bonds. The zero-order valence-corrected chi connectivity index (χ0v) is 12.5. The van der Waals surface area contributed by atoms with Crippen LogP contribution >= 0.6 is 43.2 Å². The van der Waals surface area contributed by atoms with Gasteiger partial charge in [0.1, 0.15) is 6.04 Å². The van der Waals surface area contributed by atoms with Gasteiger partial charge in [-0.2, -0.15) is 0 Å². The van der Waals surface area contributed by atoms with Crippen LogP contribution in [0.4, 0.5) is 0 Å². The Hall–Kier alpha value is -0.400. The van der Waals surface area contributed by atoms with E-state index in [0.29, 0.717) is 4.88 Å². The van der Waals surface area contributed by atoms with Gasteiger partial charge in [0, 0.05) is 4.47 Å². The third kappa shape index (κ3) is 3.29. The van der Waals surface area contributed by atoms with E-state index < -0.39 is 12.0 Å². The summed E-state index contributed by atoms with van der Waals surface area (Å²) < 4.78 is 6.16. The highest BCUT2D eigenvalue weighted by Gasteiger charge is 2.18. The first-order valence-electron chi connectivity index (χ1n) is 4.29. The number of rotatable bonds is 3. The fraction of sp³-hybridized carbons (Fsp3) is 0.333. The Labute approximate surface area is 114 Å². The van der Waals surface area contributed by atoms with Crippen molar-refractivity contribution in [2.75, 3.05) is 7.11 Å². The number of thiophene rings is 1. The van der Waals surface area contributed by atoms with Gasteiger partial charge in [0.2, 0.25) is 0 Å². The number of amides is 1. The van der Waals surface area contributed by atoms with Crippen LogP contribution in [0.25, 0.3) is 0 Å². The summed E-state index contributed by atoms with van der Waals surface area (Å²) >= 11 is 7.87. The highest BCUT2D eigenvalue weighted by Crippen LogP contribution is 2.32. The number of nitrogens with one attached hydrogen (secondary N) is 1. The summed E-state index contributed by atoms with van der Waals surface area (Å²) in [5.41, 5.74) is 0. The van der Waals surface area contributed by atoms with E-state index in [4.69, 9.17) is 0 Å². The summed E-state index contributed by atoms with van der Waals surface area (Å²) in [4.78, 5) is 23.3. The van der Waals surface area contributed by atoms with Crippen molar-refractivity contribution in [1.82, 2.24) is 5.32 Å². The third-order valence-corrected chi connectivity index (χ3v) is 5.03. The maximum Gasteiger partial charge on any atom is 0.328 e. The second kappa shape index (κ2) is 5.79. The first-order chi connectivity index (χ1) is 7.45. The van der Waals surface area contributed by atoms with Crippen LogP contribution < -0.4 is 5.32 Å². The van der Waals surface area contributed by atoms with E-state index in [9.17, 15) is 9.59 Å². The average Bonchev–Trinajstić information content (AvgIpc) is 2.58. The Morgan fingerprint density at radius 3 is 2.56 bits per heavy atom. The predicted molar refractivity (Wildman–Crippen MR) is 68.7 cm³/mol. The first kappa shape index (κ1) is 13.7. The van der Waals surface area contributed by atoms with E-state index in [1.165, 1.54) is 18.4 Å². The summed E-state index contributed by atoms with van der Waals surface area (Å²) in [7, 11) is 1.28. The maximum absolute atomic E-state index is 11.7. The van der Waals surface area contributed by atoms with Crippen LogP contribution in [-0.4, -0.2) is 25.0 Å². The van der Waals surface area contributed by atoms with E-state index in [1.54, 1.807) is 13.0 Å². The number of esters is 1. The molecular weight excluding hydrogens is 362 g/mol. The average molecular weight is 371 g/mol. The molecule has 1 heterocycles. The van der Waals surface area contributed by atoms with Crippen molar-refractivity contribution < 1.29 is 14.3 Å². The van der Waals surface area contributed by atoms with E-state index in [2.05, 4.69) is 41.9 Å². The zero-order chi connectivity index (χ0) is 12.3. The lowest BCUT2D eigenvalue weighted by Gasteiger charge is -2.10. The highest BCUT2D eigenvalue weighted by molar-refractivity contribution is 9.13. The molecule has 1 rings (SSSR count). The van der Waals surface area contributed by atoms with Crippen LogP contribution in [0.3, 0.4) is 0 Å². The molecular formula is C9H9Br2NO3S. The molecule has 1 aromatic heterocycles. The normalized spacial score (nSPS) is 12.0. The predicted octanol–water partition coefficient (Wildman–Crippen LogP) is 2.56. The van der Waals surface area contributed by atoms with Crippen LogP contribution in [0, 0.1) is 0 Å². The third-order valence-electron chi connectivity index (χ3n) is 1.77. The van der Waals surface area contributed by atoms with Gasteiger partial charge in [0.15, 0.2) is 0 Å². The summed E-state index contributed by atoms with van der Waals surface area (Å²) in [6, 6.07) is 1.03. The second-order valence-corrected chi connectivity index (χ2v) is 6.18. The van der Waals surface area contributed by atoms with Gasteiger partial charge in [0.25, 0.3) is 5.91 Å². The molecule has 0 aromatic carbocycles. The van der Waals surface area contributed by atoms with Gasteiger partial charge in [0.05, 0.1) is 15.8 Å². The summed E-state index contributed by atoms with van der Waals surface area (Å²) in [6.07, 6.45) is 0. The van der Waals surface area contributed by atoms with Crippen molar-refractivity contribution in [3.8, 4) is 0 Å². The molecule has 16 heavy (non-hydrogen) atoms. The molecule has 88 valence electrons. The van der Waals surface area contributed by atoms with Crippen LogP contribution in [-0.2, 0) is 9.53 Å². The smallest absolute Gasteiger partial charge is 0.328 e. The topological polar surface area (TPSA) is 55.4 Å². The fourth-order valence-electron chi connectivity index (χ4n) is 0.962. The lowest BCUT2D eigenvalue weighted by Crippen LogP contribution is -2.38. The van der Waals surface area contributed by atoms with Crippen molar-refractivity contribution in [2.45, 2.75) is 13.0 Å². The van der Waals surface area contributed by atoms with Gasteiger partial charge in [-0.3, -0.25) is 4.79 Å². The molecule has 0 radical (unpaired) electrons. The molecule has 1 aromatic rings. The van der Waals surface area contributed by atoms with Gasteiger partial charge in [-0.05, 0) is 44.8 Å². The molecule has 0 bridgehead atoms. The van der Waals surface area contributed by atoms with Crippen molar-refractivity contribution in [3.63, 3.8) is 0 Å². The molecule has 1 N–H and O–H groups in total. The Morgan fingerprint density at radius 1 is 1.50 bits per heavy atom. The van der Waals surface area contributed by atoms with E-state index in [-0.39, 0.29) is 5.91 Å².